The minimum absolute atomic E-state index is 0.0674. The number of ether oxygens (including phenoxy) is 2. The van der Waals surface area contributed by atoms with Gasteiger partial charge in [0.2, 0.25) is 6.79 Å². The van der Waals surface area contributed by atoms with Crippen molar-refractivity contribution in [3.8, 4) is 22.9 Å². The fraction of sp³-hybridized carbons (Fsp3) is 0.188. The van der Waals surface area contributed by atoms with Gasteiger partial charge in [0.25, 0.3) is 0 Å². The van der Waals surface area contributed by atoms with E-state index in [4.69, 9.17) is 9.47 Å². The highest BCUT2D eigenvalue weighted by Gasteiger charge is 2.17. The normalized spacial score (nSPS) is 13.0. The molecule has 0 unspecified atom stereocenters. The number of imidazole rings is 1. The zero-order valence-electron chi connectivity index (χ0n) is 11.3. The van der Waals surface area contributed by atoms with Gasteiger partial charge in [0.1, 0.15) is 5.82 Å². The Hall–Kier alpha value is -2.53. The molecule has 0 aliphatic carbocycles. The number of hydrogen-bond donors (Lipinski definition) is 1. The molecule has 0 spiro atoms. The molecule has 1 N–H and O–H groups in total. The number of para-hydroxylation sites is 2. The number of fused-ring (bicyclic) bond motifs is 2. The number of aliphatic hydroxyl groups excluding tert-OH is 1. The molecule has 0 amide bonds. The van der Waals surface area contributed by atoms with Gasteiger partial charge in [-0.15, -0.1) is 0 Å². The molecule has 4 rings (SSSR count). The number of aromatic nitrogens is 2. The Morgan fingerprint density at radius 2 is 1.95 bits per heavy atom. The highest BCUT2D eigenvalue weighted by molar-refractivity contribution is 5.81. The first-order chi connectivity index (χ1) is 10.4. The summed E-state index contributed by atoms with van der Waals surface area (Å²) in [4.78, 5) is 4.68. The van der Waals surface area contributed by atoms with Gasteiger partial charge >= 0.3 is 0 Å². The standard InChI is InChI=1S/C16H14N2O3/c19-8-7-18-13-4-2-1-3-12(13)17-16(18)11-5-6-14-15(9-11)21-10-20-14/h1-6,9,19H,7-8,10H2. The summed E-state index contributed by atoms with van der Waals surface area (Å²) in [6.45, 7) is 0.827. The second-order valence-electron chi connectivity index (χ2n) is 4.87. The van der Waals surface area contributed by atoms with Crippen molar-refractivity contribution < 1.29 is 14.6 Å². The predicted octanol–water partition coefficient (Wildman–Crippen LogP) is 2.42. The fourth-order valence-corrected chi connectivity index (χ4v) is 2.66. The summed E-state index contributed by atoms with van der Waals surface area (Å²) in [6, 6.07) is 13.7. The second kappa shape index (κ2) is 4.79. The fourth-order valence-electron chi connectivity index (χ4n) is 2.66. The van der Waals surface area contributed by atoms with E-state index >= 15 is 0 Å². The Kier molecular flexibility index (Phi) is 2.79. The minimum atomic E-state index is 0.0674. The van der Waals surface area contributed by atoms with Crippen LogP contribution in [0.25, 0.3) is 22.4 Å². The quantitative estimate of drug-likeness (QED) is 0.801. The maximum Gasteiger partial charge on any atom is 0.231 e. The van der Waals surface area contributed by atoms with E-state index < -0.39 is 0 Å². The van der Waals surface area contributed by atoms with Gasteiger partial charge in [-0.2, -0.15) is 0 Å². The van der Waals surface area contributed by atoms with Gasteiger partial charge in [0.15, 0.2) is 11.5 Å². The average Bonchev–Trinajstić information content (AvgIpc) is 3.11. The molecular formula is C16H14N2O3. The topological polar surface area (TPSA) is 56.5 Å². The first-order valence-corrected chi connectivity index (χ1v) is 6.83. The number of benzene rings is 2. The summed E-state index contributed by atoms with van der Waals surface area (Å²) >= 11 is 0. The molecule has 1 aliphatic rings. The highest BCUT2D eigenvalue weighted by Crippen LogP contribution is 2.36. The van der Waals surface area contributed by atoms with E-state index in [1.807, 2.05) is 47.0 Å². The lowest BCUT2D eigenvalue weighted by atomic mass is 10.2. The molecule has 21 heavy (non-hydrogen) atoms. The molecule has 2 heterocycles. The van der Waals surface area contributed by atoms with Crippen LogP contribution in [0.4, 0.5) is 0 Å². The zero-order valence-corrected chi connectivity index (χ0v) is 11.3. The monoisotopic (exact) mass is 282 g/mol. The Balaban J connectivity index is 1.91. The van der Waals surface area contributed by atoms with Crippen molar-refractivity contribution in [2.75, 3.05) is 13.4 Å². The van der Waals surface area contributed by atoms with Crippen LogP contribution in [0.1, 0.15) is 0 Å². The van der Waals surface area contributed by atoms with Gasteiger partial charge in [0.05, 0.1) is 17.6 Å². The van der Waals surface area contributed by atoms with Crippen LogP contribution in [-0.4, -0.2) is 28.1 Å². The third-order valence-corrected chi connectivity index (χ3v) is 3.61. The van der Waals surface area contributed by atoms with Gasteiger partial charge in [0, 0.05) is 12.1 Å². The Bertz CT molecular complexity index is 810. The molecule has 0 fully saturated rings. The predicted molar refractivity (Wildman–Crippen MR) is 78.4 cm³/mol. The second-order valence-corrected chi connectivity index (χ2v) is 4.87. The van der Waals surface area contributed by atoms with E-state index in [-0.39, 0.29) is 13.4 Å². The summed E-state index contributed by atoms with van der Waals surface area (Å²) in [5, 5.41) is 9.33. The molecule has 0 saturated carbocycles. The van der Waals surface area contributed by atoms with Crippen molar-refractivity contribution in [3.63, 3.8) is 0 Å². The summed E-state index contributed by atoms with van der Waals surface area (Å²) in [5.74, 6) is 2.31. The van der Waals surface area contributed by atoms with Crippen molar-refractivity contribution in [3.05, 3.63) is 42.5 Å². The zero-order chi connectivity index (χ0) is 14.2. The van der Waals surface area contributed by atoms with E-state index in [1.165, 1.54) is 0 Å². The van der Waals surface area contributed by atoms with Crippen molar-refractivity contribution in [1.82, 2.24) is 9.55 Å². The SMILES string of the molecule is OCCn1c(-c2ccc3c(c2)OCO3)nc2ccccc21. The Morgan fingerprint density at radius 3 is 2.86 bits per heavy atom. The maximum absolute atomic E-state index is 9.33. The molecule has 5 nitrogen and oxygen atoms in total. The molecule has 0 saturated heterocycles. The van der Waals surface area contributed by atoms with Crippen LogP contribution in [0.3, 0.4) is 0 Å². The summed E-state index contributed by atoms with van der Waals surface area (Å²) < 4.78 is 12.8. The van der Waals surface area contributed by atoms with Crippen LogP contribution in [-0.2, 0) is 6.54 Å². The van der Waals surface area contributed by atoms with Crippen LogP contribution < -0.4 is 9.47 Å². The van der Waals surface area contributed by atoms with Gasteiger partial charge < -0.3 is 19.1 Å². The summed E-state index contributed by atoms with van der Waals surface area (Å²) in [7, 11) is 0. The molecule has 0 radical (unpaired) electrons. The largest absolute Gasteiger partial charge is 0.454 e. The molecule has 2 aromatic carbocycles. The lowest BCUT2D eigenvalue weighted by molar-refractivity contribution is 0.174. The third kappa shape index (κ3) is 1.94. The lowest BCUT2D eigenvalue weighted by Crippen LogP contribution is -2.04. The highest BCUT2D eigenvalue weighted by atomic mass is 16.7. The van der Waals surface area contributed by atoms with Crippen molar-refractivity contribution in [2.24, 2.45) is 0 Å². The maximum atomic E-state index is 9.33. The molecular weight excluding hydrogens is 268 g/mol. The molecule has 1 aliphatic heterocycles. The third-order valence-electron chi connectivity index (χ3n) is 3.61. The van der Waals surface area contributed by atoms with E-state index in [0.717, 1.165) is 33.9 Å². The van der Waals surface area contributed by atoms with Crippen LogP contribution in [0.5, 0.6) is 11.5 Å². The number of aliphatic hydroxyl groups is 1. The van der Waals surface area contributed by atoms with E-state index in [1.54, 1.807) is 0 Å². The molecule has 3 aromatic rings. The van der Waals surface area contributed by atoms with E-state index in [2.05, 4.69) is 4.98 Å². The van der Waals surface area contributed by atoms with E-state index in [0.29, 0.717) is 6.54 Å². The van der Waals surface area contributed by atoms with Crippen molar-refractivity contribution >= 4 is 11.0 Å². The molecule has 0 bridgehead atoms. The Morgan fingerprint density at radius 1 is 1.10 bits per heavy atom. The number of rotatable bonds is 3. The number of hydrogen-bond acceptors (Lipinski definition) is 4. The van der Waals surface area contributed by atoms with Gasteiger partial charge in [-0.1, -0.05) is 12.1 Å². The number of nitrogens with zero attached hydrogens (tertiary/aromatic N) is 2. The van der Waals surface area contributed by atoms with Crippen molar-refractivity contribution in [2.45, 2.75) is 6.54 Å². The smallest absolute Gasteiger partial charge is 0.231 e. The van der Waals surface area contributed by atoms with Gasteiger partial charge in [-0.3, -0.25) is 0 Å². The molecule has 1 aromatic heterocycles. The first-order valence-electron chi connectivity index (χ1n) is 6.83. The van der Waals surface area contributed by atoms with Crippen LogP contribution in [0.2, 0.25) is 0 Å². The summed E-state index contributed by atoms with van der Waals surface area (Å²) in [5.41, 5.74) is 2.88. The Labute approximate surface area is 121 Å². The molecule has 0 atom stereocenters. The summed E-state index contributed by atoms with van der Waals surface area (Å²) in [6.07, 6.45) is 0. The molecule has 106 valence electrons. The van der Waals surface area contributed by atoms with Crippen LogP contribution >= 0.6 is 0 Å². The van der Waals surface area contributed by atoms with E-state index in [9.17, 15) is 5.11 Å². The minimum Gasteiger partial charge on any atom is -0.454 e. The average molecular weight is 282 g/mol. The lowest BCUT2D eigenvalue weighted by Gasteiger charge is -2.08. The van der Waals surface area contributed by atoms with Crippen LogP contribution in [0, 0.1) is 0 Å². The first kappa shape index (κ1) is 12.2. The van der Waals surface area contributed by atoms with Gasteiger partial charge in [-0.25, -0.2) is 4.98 Å². The molecule has 5 heteroatoms. The van der Waals surface area contributed by atoms with Crippen LogP contribution in [0.15, 0.2) is 42.5 Å². The van der Waals surface area contributed by atoms with Gasteiger partial charge in [-0.05, 0) is 30.3 Å². The van der Waals surface area contributed by atoms with Crippen molar-refractivity contribution in [1.29, 1.82) is 0 Å².